The summed E-state index contributed by atoms with van der Waals surface area (Å²) in [5.74, 6) is -2.01. The molecule has 1 heterocycles. The summed E-state index contributed by atoms with van der Waals surface area (Å²) in [5.41, 5.74) is 7.83. The van der Waals surface area contributed by atoms with Crippen molar-refractivity contribution in [2.75, 3.05) is 6.61 Å². The zero-order chi connectivity index (χ0) is 19.9. The summed E-state index contributed by atoms with van der Waals surface area (Å²) < 4.78 is 20.9. The van der Waals surface area contributed by atoms with Gasteiger partial charge in [0, 0.05) is 32.6 Å². The number of nitrogens with zero attached hydrogens (tertiary/aromatic N) is 3. The fourth-order valence-corrected chi connectivity index (χ4v) is 3.21. The van der Waals surface area contributed by atoms with E-state index < -0.39 is 47.7 Å². The summed E-state index contributed by atoms with van der Waals surface area (Å²) in [6.07, 6.45) is -3.40. The van der Waals surface area contributed by atoms with Gasteiger partial charge < -0.3 is 18.9 Å². The van der Waals surface area contributed by atoms with Crippen molar-refractivity contribution in [3.63, 3.8) is 0 Å². The monoisotopic (exact) mass is 389 g/mol. The molecule has 0 aromatic heterocycles. The van der Waals surface area contributed by atoms with Crippen molar-refractivity contribution in [3.05, 3.63) is 10.4 Å². The minimum Gasteiger partial charge on any atom is -0.463 e. The third-order valence-corrected chi connectivity index (χ3v) is 4.08. The largest absolute Gasteiger partial charge is 0.463 e. The first kappa shape index (κ1) is 21.7. The maximum atomic E-state index is 11.5. The van der Waals surface area contributed by atoms with Crippen LogP contribution in [0.2, 0.25) is 0 Å². The van der Waals surface area contributed by atoms with Crippen LogP contribution in [0.15, 0.2) is 5.11 Å². The summed E-state index contributed by atoms with van der Waals surface area (Å²) >= 11 is 0.711. The highest BCUT2D eigenvalue weighted by molar-refractivity contribution is 8.14. The number of carbonyl (C=O) groups is 4. The lowest BCUT2D eigenvalue weighted by molar-refractivity contribution is -0.201. The van der Waals surface area contributed by atoms with Crippen LogP contribution in [0.3, 0.4) is 0 Å². The van der Waals surface area contributed by atoms with Crippen LogP contribution in [0.1, 0.15) is 27.7 Å². The number of ether oxygens (including phenoxy) is 4. The molecule has 1 saturated heterocycles. The van der Waals surface area contributed by atoms with Crippen molar-refractivity contribution in [1.82, 2.24) is 0 Å². The molecule has 0 saturated carbocycles. The molecule has 0 radical (unpaired) electrons. The number of carbonyl (C=O) groups excluding carboxylic acids is 4. The molecule has 0 aliphatic carbocycles. The predicted octanol–water partition coefficient (Wildman–Crippen LogP) is 1.10. The number of hydrogen-bond donors (Lipinski definition) is 0. The van der Waals surface area contributed by atoms with Crippen LogP contribution in [0.25, 0.3) is 10.4 Å². The summed E-state index contributed by atoms with van der Waals surface area (Å²) in [5, 5.41) is 3.22. The first-order valence-electron chi connectivity index (χ1n) is 7.50. The van der Waals surface area contributed by atoms with E-state index in [1.807, 2.05) is 0 Å². The molecule has 26 heavy (non-hydrogen) atoms. The standard InChI is InChI=1S/C14H19N3O8S/c1-6(18)22-5-10-12(23-7(2)19)11(16-17-15)13(24-8(3)20)14(25-10)26-9(4)21/h10-14H,5H2,1-4H3/t10?,11?,12-,13-,14+/m0/s1. The van der Waals surface area contributed by atoms with Crippen molar-refractivity contribution >= 4 is 34.8 Å². The Labute approximate surface area is 153 Å². The van der Waals surface area contributed by atoms with Gasteiger partial charge in [-0.3, -0.25) is 19.2 Å². The highest BCUT2D eigenvalue weighted by Gasteiger charge is 2.50. The molecule has 0 aromatic rings. The quantitative estimate of drug-likeness (QED) is 0.213. The molecule has 0 N–H and O–H groups in total. The molecule has 144 valence electrons. The Balaban J connectivity index is 3.27. The van der Waals surface area contributed by atoms with Gasteiger partial charge in [0.25, 0.3) is 0 Å². The van der Waals surface area contributed by atoms with Crippen molar-refractivity contribution in [3.8, 4) is 0 Å². The van der Waals surface area contributed by atoms with E-state index in [4.69, 9.17) is 24.5 Å². The highest BCUT2D eigenvalue weighted by atomic mass is 32.2. The normalized spacial score (nSPS) is 27.6. The lowest BCUT2D eigenvalue weighted by Gasteiger charge is -2.43. The fraction of sp³-hybridized carbons (Fsp3) is 0.714. The first-order chi connectivity index (χ1) is 12.1. The predicted molar refractivity (Wildman–Crippen MR) is 87.6 cm³/mol. The van der Waals surface area contributed by atoms with Crippen LogP contribution in [0, 0.1) is 0 Å². The summed E-state index contributed by atoms with van der Waals surface area (Å²) in [6.45, 7) is 4.41. The van der Waals surface area contributed by atoms with Crippen molar-refractivity contribution in [1.29, 1.82) is 0 Å². The van der Waals surface area contributed by atoms with Crippen LogP contribution >= 0.6 is 11.8 Å². The number of rotatable bonds is 6. The van der Waals surface area contributed by atoms with E-state index in [0.717, 1.165) is 13.8 Å². The fourth-order valence-electron chi connectivity index (χ4n) is 2.33. The van der Waals surface area contributed by atoms with Crippen LogP contribution in [0.4, 0.5) is 0 Å². The minimum absolute atomic E-state index is 0.313. The Morgan fingerprint density at radius 2 is 1.62 bits per heavy atom. The van der Waals surface area contributed by atoms with Gasteiger partial charge >= 0.3 is 17.9 Å². The SMILES string of the molecule is CC(=O)OCC1O[C@H](SC(C)=O)[C@@H](OC(C)=O)C(N=[N+]=[N-])[C@H]1OC(C)=O. The van der Waals surface area contributed by atoms with Gasteiger partial charge in [0.1, 0.15) is 36.4 Å². The van der Waals surface area contributed by atoms with Crippen molar-refractivity contribution in [2.45, 2.75) is 57.5 Å². The third-order valence-electron chi connectivity index (χ3n) is 3.14. The number of esters is 3. The number of azide groups is 1. The van der Waals surface area contributed by atoms with Gasteiger partial charge in [-0.05, 0) is 5.53 Å². The summed E-state index contributed by atoms with van der Waals surface area (Å²) in [4.78, 5) is 48.2. The molecular formula is C14H19N3O8S. The molecule has 0 spiro atoms. The van der Waals surface area contributed by atoms with E-state index in [-0.39, 0.29) is 11.7 Å². The van der Waals surface area contributed by atoms with E-state index in [1.54, 1.807) is 0 Å². The molecule has 1 fully saturated rings. The molecule has 0 aromatic carbocycles. The van der Waals surface area contributed by atoms with Crippen LogP contribution in [-0.2, 0) is 38.1 Å². The van der Waals surface area contributed by atoms with Gasteiger partial charge in [0.05, 0.1) is 0 Å². The molecule has 12 heteroatoms. The molecule has 2 unspecified atom stereocenters. The van der Waals surface area contributed by atoms with E-state index >= 15 is 0 Å². The van der Waals surface area contributed by atoms with Crippen molar-refractivity contribution < 1.29 is 38.1 Å². The van der Waals surface area contributed by atoms with E-state index in [1.165, 1.54) is 13.8 Å². The maximum Gasteiger partial charge on any atom is 0.303 e. The van der Waals surface area contributed by atoms with Gasteiger partial charge in [-0.1, -0.05) is 16.9 Å². The van der Waals surface area contributed by atoms with Gasteiger partial charge in [-0.25, -0.2) is 0 Å². The van der Waals surface area contributed by atoms with Gasteiger partial charge in [0.2, 0.25) is 0 Å². The van der Waals surface area contributed by atoms with Crippen LogP contribution in [-0.4, -0.2) is 59.4 Å². The molecule has 1 aliphatic heterocycles. The zero-order valence-corrected chi connectivity index (χ0v) is 15.4. The second kappa shape index (κ2) is 10.00. The van der Waals surface area contributed by atoms with Crippen molar-refractivity contribution in [2.24, 2.45) is 5.11 Å². The van der Waals surface area contributed by atoms with Crippen LogP contribution in [0.5, 0.6) is 0 Å². The minimum atomic E-state index is -1.18. The number of hydrogen-bond acceptors (Lipinski definition) is 10. The Morgan fingerprint density at radius 1 is 1.04 bits per heavy atom. The molecule has 0 bridgehead atoms. The molecule has 1 aliphatic rings. The molecule has 5 atom stereocenters. The molecule has 11 nitrogen and oxygen atoms in total. The second-order valence-corrected chi connectivity index (χ2v) is 6.57. The Kier molecular flexibility index (Phi) is 8.36. The summed E-state index contributed by atoms with van der Waals surface area (Å²) in [7, 11) is 0. The third kappa shape index (κ3) is 6.54. The van der Waals surface area contributed by atoms with Gasteiger partial charge in [0.15, 0.2) is 5.12 Å². The van der Waals surface area contributed by atoms with E-state index in [9.17, 15) is 19.2 Å². The summed E-state index contributed by atoms with van der Waals surface area (Å²) in [6, 6.07) is -1.18. The Hall–Kier alpha value is -2.30. The molecular weight excluding hydrogens is 370 g/mol. The maximum absolute atomic E-state index is 11.5. The second-order valence-electron chi connectivity index (χ2n) is 5.30. The van der Waals surface area contributed by atoms with E-state index in [0.29, 0.717) is 11.8 Å². The lowest BCUT2D eigenvalue weighted by atomic mass is 9.97. The average Bonchev–Trinajstić information content (AvgIpc) is 2.50. The Morgan fingerprint density at radius 3 is 2.08 bits per heavy atom. The number of thioether (sulfide) groups is 1. The topological polar surface area (TPSA) is 154 Å². The van der Waals surface area contributed by atoms with Crippen LogP contribution < -0.4 is 0 Å². The van der Waals surface area contributed by atoms with Gasteiger partial charge in [-0.15, -0.1) is 0 Å². The average molecular weight is 389 g/mol. The highest BCUT2D eigenvalue weighted by Crippen LogP contribution is 2.34. The zero-order valence-electron chi connectivity index (χ0n) is 14.6. The molecule has 1 rings (SSSR count). The smallest absolute Gasteiger partial charge is 0.303 e. The van der Waals surface area contributed by atoms with E-state index in [2.05, 4.69) is 10.0 Å². The Bertz CT molecular complexity index is 621. The molecule has 0 amide bonds. The van der Waals surface area contributed by atoms with Gasteiger partial charge in [-0.2, -0.15) is 0 Å². The first-order valence-corrected chi connectivity index (χ1v) is 8.38. The lowest BCUT2D eigenvalue weighted by Crippen LogP contribution is -2.59.